The molecule has 0 saturated carbocycles. The molecule has 128 heavy (non-hydrogen) atoms. The lowest BCUT2D eigenvalue weighted by Crippen LogP contribution is -2.32. The van der Waals surface area contributed by atoms with Crippen LogP contribution in [0.25, 0.3) is 179 Å². The molecule has 8 nitrogen and oxygen atoms in total. The lowest BCUT2D eigenvalue weighted by atomic mass is 9.67. The van der Waals surface area contributed by atoms with E-state index < -0.39 is 10.8 Å². The minimum absolute atomic E-state index is 0.482. The minimum atomic E-state index is -0.513. The molecule has 18 aromatic carbocycles. The quantitative estimate of drug-likeness (QED) is 0.123. The largest absolute Gasteiger partial charge is 0.247 e. The summed E-state index contributed by atoms with van der Waals surface area (Å²) in [7, 11) is 0. The zero-order valence-electron chi connectivity index (χ0n) is 69.0. The Labute approximate surface area is 748 Å². The molecule has 10 heteroatoms. The van der Waals surface area contributed by atoms with E-state index >= 15 is 0 Å². The first-order chi connectivity index (χ1) is 63.4. The van der Waals surface area contributed by atoms with E-state index in [1.807, 2.05) is 108 Å². The molecule has 0 unspecified atom stereocenters. The average Bonchev–Trinajstić information content (AvgIpc) is 1.47. The third kappa shape index (κ3) is 12.0. The van der Waals surface area contributed by atoms with E-state index in [4.69, 9.17) is 39.9 Å². The summed E-state index contributed by atoms with van der Waals surface area (Å²) in [5.41, 5.74) is 30.7. The molecule has 0 atom stereocenters. The van der Waals surface area contributed by atoms with Gasteiger partial charge in [-0.1, -0.05) is 412 Å². The van der Waals surface area contributed by atoms with Crippen LogP contribution in [0.3, 0.4) is 0 Å². The van der Waals surface area contributed by atoms with Crippen LogP contribution >= 0.6 is 23.5 Å². The summed E-state index contributed by atoms with van der Waals surface area (Å²) in [6, 6.07) is 156. The average molecular weight is 1670 g/mol. The first-order valence-corrected chi connectivity index (χ1v) is 44.9. The van der Waals surface area contributed by atoms with Gasteiger partial charge in [0.05, 0.1) is 33.3 Å². The number of fused-ring (bicyclic) bond motifs is 26. The van der Waals surface area contributed by atoms with Gasteiger partial charge in [0, 0.05) is 96.4 Å². The highest BCUT2D eigenvalue weighted by molar-refractivity contribution is 8.00. The molecular weight excluding hydrogens is 1590 g/mol. The molecule has 26 rings (SSSR count). The first-order valence-electron chi connectivity index (χ1n) is 43.3. The number of benzene rings is 18. The fourth-order valence-electron chi connectivity index (χ4n) is 20.3. The molecule has 0 radical (unpaired) electrons. The lowest BCUT2D eigenvalue weighted by Gasteiger charge is -2.40. The Balaban J connectivity index is 0.000000139. The van der Waals surface area contributed by atoms with Crippen molar-refractivity contribution < 1.29 is 0 Å². The second-order valence-corrected chi connectivity index (χ2v) is 35.1. The second kappa shape index (κ2) is 30.5. The number of hydrogen-bond donors (Lipinski definition) is 0. The molecule has 2 spiro atoms. The van der Waals surface area contributed by atoms with Crippen molar-refractivity contribution in [2.75, 3.05) is 0 Å². The Bertz CT molecular complexity index is 8090. The number of aromatic nitrogens is 8. The SMILES string of the molecule is c1ccc(-c2cccc(-c3nc(-c4ccccc4)nc(-c4ccc5nc(-c6ccccc6)c6ccc7c(c6c5c4)Sc4ccccc4C74c5ccccc5-c5ccccc54)n3)c2)cc1.c1ccc(-c2nc(-c3ccccc3)nc(-c3ccc(-c4ccc5nc(-c6ccccc6)c6ccc7c(c6c5c4)Sc4ccccc4C74c5ccccc5-c5ccccc54)cc3)n2)cc1. The molecule has 0 amide bonds. The summed E-state index contributed by atoms with van der Waals surface area (Å²) in [6.07, 6.45) is 0. The van der Waals surface area contributed by atoms with Crippen LogP contribution in [0, 0.1) is 0 Å². The molecule has 4 aromatic heterocycles. The summed E-state index contributed by atoms with van der Waals surface area (Å²) in [5, 5.41) is 6.84. The van der Waals surface area contributed by atoms with E-state index in [0.29, 0.717) is 34.9 Å². The molecule has 6 heterocycles. The van der Waals surface area contributed by atoms with Gasteiger partial charge < -0.3 is 0 Å². The van der Waals surface area contributed by atoms with Crippen molar-refractivity contribution in [2.24, 2.45) is 0 Å². The lowest BCUT2D eigenvalue weighted by molar-refractivity contribution is 0.726. The summed E-state index contributed by atoms with van der Waals surface area (Å²) in [6.45, 7) is 0. The van der Waals surface area contributed by atoms with Crippen LogP contribution in [0.5, 0.6) is 0 Å². The molecular formula is C118H72N8S2. The molecule has 22 aromatic rings. The van der Waals surface area contributed by atoms with Crippen LogP contribution < -0.4 is 0 Å². The van der Waals surface area contributed by atoms with Crippen LogP contribution in [-0.4, -0.2) is 39.9 Å². The summed E-state index contributed by atoms with van der Waals surface area (Å²) in [5.74, 6) is 3.77. The van der Waals surface area contributed by atoms with Crippen LogP contribution in [0.4, 0.5) is 0 Å². The fraction of sp³-hybridized carbons (Fsp3) is 0.0169. The van der Waals surface area contributed by atoms with Gasteiger partial charge in [0.15, 0.2) is 34.9 Å². The maximum Gasteiger partial charge on any atom is 0.164 e. The van der Waals surface area contributed by atoms with E-state index in [0.717, 1.165) is 111 Å². The zero-order chi connectivity index (χ0) is 84.4. The Morgan fingerprint density at radius 1 is 0.164 bits per heavy atom. The van der Waals surface area contributed by atoms with Crippen molar-refractivity contribution in [1.29, 1.82) is 0 Å². The van der Waals surface area contributed by atoms with Crippen LogP contribution in [0.15, 0.2) is 456 Å². The zero-order valence-corrected chi connectivity index (χ0v) is 70.6. The monoisotopic (exact) mass is 1660 g/mol. The van der Waals surface area contributed by atoms with E-state index in [-0.39, 0.29) is 0 Å². The molecule has 0 fully saturated rings. The van der Waals surface area contributed by atoms with Crippen molar-refractivity contribution in [3.05, 3.63) is 481 Å². The maximum absolute atomic E-state index is 5.47. The van der Waals surface area contributed by atoms with Gasteiger partial charge in [0.1, 0.15) is 0 Å². The molecule has 2 aliphatic carbocycles. The summed E-state index contributed by atoms with van der Waals surface area (Å²) in [4.78, 5) is 46.4. The van der Waals surface area contributed by atoms with Gasteiger partial charge in [-0.2, -0.15) is 0 Å². The highest BCUT2D eigenvalue weighted by atomic mass is 32.2. The number of pyridine rings is 2. The maximum atomic E-state index is 5.47. The molecule has 0 bridgehead atoms. The van der Waals surface area contributed by atoms with Crippen molar-refractivity contribution in [2.45, 2.75) is 30.4 Å². The number of rotatable bonds is 10. The van der Waals surface area contributed by atoms with Crippen molar-refractivity contribution in [3.63, 3.8) is 0 Å². The van der Waals surface area contributed by atoms with Gasteiger partial charge in [-0.3, -0.25) is 0 Å². The van der Waals surface area contributed by atoms with Crippen molar-refractivity contribution >= 4 is 66.9 Å². The normalized spacial score (nSPS) is 13.1. The smallest absolute Gasteiger partial charge is 0.164 e. The van der Waals surface area contributed by atoms with E-state index in [1.165, 1.54) is 97.1 Å². The van der Waals surface area contributed by atoms with Crippen LogP contribution in [0.2, 0.25) is 0 Å². The van der Waals surface area contributed by atoms with E-state index in [1.54, 1.807) is 0 Å². The molecule has 2 aliphatic heterocycles. The van der Waals surface area contributed by atoms with Gasteiger partial charge in [0.2, 0.25) is 0 Å². The van der Waals surface area contributed by atoms with Crippen LogP contribution in [-0.2, 0) is 10.8 Å². The predicted octanol–water partition coefficient (Wildman–Crippen LogP) is 29.5. The van der Waals surface area contributed by atoms with Gasteiger partial charge >= 0.3 is 0 Å². The van der Waals surface area contributed by atoms with Gasteiger partial charge in [0.25, 0.3) is 0 Å². The minimum Gasteiger partial charge on any atom is -0.247 e. The standard InChI is InChI=1S/2C59H36N4S/c1-4-17-37(18-5-1)40-23-16-24-41(35-40)57-61-56(39-21-8-3-9-22-39)62-58(63-57)42-31-34-51-46(36-42)53-45(54(60-51)38-19-6-2-7-20-38)32-33-50-55(53)64-52-30-15-14-29-49(52)59(50)47-27-12-10-25-43(47)44-26-11-13-28-48(44)59;1-4-16-38(17-5-1)54-45-33-34-50-55(64-52-27-15-14-26-49(52)59(50)47-24-12-10-22-43(47)44-23-11-13-25-48(44)59)53(45)46-36-42(32-35-51(46)60-54)37-28-30-41(31-29-37)58-62-56(39-18-6-2-7-19-39)61-57(63-58)40-20-8-3-9-21-40/h2*1-36H. The Kier molecular flexibility index (Phi) is 17.8. The summed E-state index contributed by atoms with van der Waals surface area (Å²) < 4.78 is 0. The number of hydrogen-bond acceptors (Lipinski definition) is 10. The van der Waals surface area contributed by atoms with Crippen molar-refractivity contribution in [3.8, 4) is 135 Å². The Morgan fingerprint density at radius 3 is 0.828 bits per heavy atom. The van der Waals surface area contributed by atoms with Gasteiger partial charge in [-0.15, -0.1) is 0 Å². The molecule has 0 N–H and O–H groups in total. The highest BCUT2D eigenvalue weighted by Crippen LogP contribution is 2.66. The Morgan fingerprint density at radius 2 is 0.430 bits per heavy atom. The second-order valence-electron chi connectivity index (χ2n) is 33.0. The topological polar surface area (TPSA) is 103 Å². The first kappa shape index (κ1) is 74.6. The molecule has 596 valence electrons. The van der Waals surface area contributed by atoms with Gasteiger partial charge in [-0.25, -0.2) is 39.9 Å². The third-order valence-corrected chi connectivity index (χ3v) is 28.4. The Hall–Kier alpha value is -16.0. The van der Waals surface area contributed by atoms with Gasteiger partial charge in [-0.05, 0) is 138 Å². The molecule has 4 aliphatic rings. The number of nitrogens with zero attached hydrogens (tertiary/aromatic N) is 8. The highest BCUT2D eigenvalue weighted by Gasteiger charge is 2.52. The van der Waals surface area contributed by atoms with E-state index in [9.17, 15) is 0 Å². The molecule has 0 saturated heterocycles. The van der Waals surface area contributed by atoms with Crippen molar-refractivity contribution in [1.82, 2.24) is 39.9 Å². The summed E-state index contributed by atoms with van der Waals surface area (Å²) >= 11 is 3.77. The predicted molar refractivity (Wildman–Crippen MR) is 522 cm³/mol. The van der Waals surface area contributed by atoms with E-state index in [2.05, 4.69) is 352 Å². The third-order valence-electron chi connectivity index (χ3n) is 26.0. The van der Waals surface area contributed by atoms with Crippen LogP contribution in [0.1, 0.15) is 44.5 Å². The fourth-order valence-corrected chi connectivity index (χ4v) is 23.0.